The van der Waals surface area contributed by atoms with Crippen molar-refractivity contribution >= 4 is 15.9 Å². The molecule has 0 spiro atoms. The van der Waals surface area contributed by atoms with Gasteiger partial charge in [0.25, 0.3) is 0 Å². The zero-order valence-electron chi connectivity index (χ0n) is 10.2. The number of hydrogen-bond donors (Lipinski definition) is 0. The Balaban J connectivity index is 2.19. The Morgan fingerprint density at radius 3 is 2.73 bits per heavy atom. The molecule has 1 saturated carbocycles. The van der Waals surface area contributed by atoms with Crippen molar-refractivity contribution in [3.05, 3.63) is 0 Å². The van der Waals surface area contributed by atoms with E-state index < -0.39 is 0 Å². The van der Waals surface area contributed by atoms with Crippen LogP contribution in [0.5, 0.6) is 0 Å². The van der Waals surface area contributed by atoms with Gasteiger partial charge in [0.1, 0.15) is 0 Å². The minimum atomic E-state index is 0.766. The van der Waals surface area contributed by atoms with Gasteiger partial charge in [0.2, 0.25) is 0 Å². The molecule has 0 N–H and O–H groups in total. The Bertz CT molecular complexity index is 161. The van der Waals surface area contributed by atoms with Crippen LogP contribution in [0.15, 0.2) is 0 Å². The summed E-state index contributed by atoms with van der Waals surface area (Å²) in [5.41, 5.74) is 0. The highest BCUT2D eigenvalue weighted by Gasteiger charge is 2.27. The number of hydrogen-bond acceptors (Lipinski definition) is 1. The van der Waals surface area contributed by atoms with E-state index in [1.807, 2.05) is 0 Å². The summed E-state index contributed by atoms with van der Waals surface area (Å²) in [5.74, 6) is 1.88. The van der Waals surface area contributed by atoms with Crippen molar-refractivity contribution in [3.8, 4) is 0 Å². The SMILES string of the molecule is CCOCCCC1CC(CC)CCC1Br. The Hall–Kier alpha value is 0.440. The standard InChI is InChI=1S/C13H25BrO/c1-3-11-7-8-13(14)12(10-11)6-5-9-15-4-2/h11-13H,3-10H2,1-2H3. The minimum Gasteiger partial charge on any atom is -0.382 e. The molecule has 1 nitrogen and oxygen atoms in total. The van der Waals surface area contributed by atoms with Crippen molar-refractivity contribution in [1.29, 1.82) is 0 Å². The Morgan fingerprint density at radius 1 is 1.27 bits per heavy atom. The highest BCUT2D eigenvalue weighted by molar-refractivity contribution is 9.09. The molecule has 0 aromatic carbocycles. The Morgan fingerprint density at radius 2 is 2.07 bits per heavy atom. The third-order valence-electron chi connectivity index (χ3n) is 3.64. The van der Waals surface area contributed by atoms with Gasteiger partial charge in [0.05, 0.1) is 0 Å². The van der Waals surface area contributed by atoms with Gasteiger partial charge in [-0.3, -0.25) is 0 Å². The normalized spacial score (nSPS) is 31.8. The number of alkyl halides is 1. The summed E-state index contributed by atoms with van der Waals surface area (Å²) in [4.78, 5) is 0.766. The van der Waals surface area contributed by atoms with Gasteiger partial charge < -0.3 is 4.74 Å². The predicted molar refractivity (Wildman–Crippen MR) is 69.6 cm³/mol. The maximum Gasteiger partial charge on any atom is 0.0466 e. The molecule has 1 aliphatic rings. The quantitative estimate of drug-likeness (QED) is 0.516. The highest BCUT2D eigenvalue weighted by atomic mass is 79.9. The molecule has 90 valence electrons. The molecule has 3 unspecified atom stereocenters. The van der Waals surface area contributed by atoms with Crippen molar-refractivity contribution < 1.29 is 4.74 Å². The third-order valence-corrected chi connectivity index (χ3v) is 4.85. The number of halogens is 1. The van der Waals surface area contributed by atoms with E-state index in [-0.39, 0.29) is 0 Å². The molecule has 0 heterocycles. The summed E-state index contributed by atoms with van der Waals surface area (Å²) >= 11 is 3.84. The van der Waals surface area contributed by atoms with E-state index in [9.17, 15) is 0 Å². The van der Waals surface area contributed by atoms with Crippen LogP contribution in [0.4, 0.5) is 0 Å². The van der Waals surface area contributed by atoms with Gasteiger partial charge in [0, 0.05) is 18.0 Å². The van der Waals surface area contributed by atoms with Gasteiger partial charge in [-0.05, 0) is 50.9 Å². The molecule has 1 rings (SSSR count). The maximum atomic E-state index is 5.40. The zero-order valence-corrected chi connectivity index (χ0v) is 11.8. The molecule has 2 heteroatoms. The molecule has 1 fully saturated rings. The van der Waals surface area contributed by atoms with E-state index in [1.165, 1.54) is 38.5 Å². The van der Waals surface area contributed by atoms with Gasteiger partial charge in [-0.2, -0.15) is 0 Å². The molecule has 0 saturated heterocycles. The summed E-state index contributed by atoms with van der Waals surface area (Å²) in [6.07, 6.45) is 8.16. The second-order valence-electron chi connectivity index (χ2n) is 4.70. The molecule has 0 radical (unpaired) electrons. The molecule has 0 aromatic rings. The topological polar surface area (TPSA) is 9.23 Å². The van der Waals surface area contributed by atoms with Gasteiger partial charge in [0.15, 0.2) is 0 Å². The molecule has 1 aliphatic carbocycles. The van der Waals surface area contributed by atoms with E-state index in [2.05, 4.69) is 29.8 Å². The summed E-state index contributed by atoms with van der Waals surface area (Å²) in [7, 11) is 0. The van der Waals surface area contributed by atoms with Gasteiger partial charge in [-0.1, -0.05) is 29.3 Å². The largest absolute Gasteiger partial charge is 0.382 e. The van der Waals surface area contributed by atoms with Crippen LogP contribution in [0.1, 0.15) is 52.4 Å². The van der Waals surface area contributed by atoms with Crippen LogP contribution in [0, 0.1) is 11.8 Å². The van der Waals surface area contributed by atoms with Gasteiger partial charge in [-0.25, -0.2) is 0 Å². The fourth-order valence-corrected chi connectivity index (χ4v) is 3.33. The van der Waals surface area contributed by atoms with Gasteiger partial charge >= 0.3 is 0 Å². The van der Waals surface area contributed by atoms with Crippen LogP contribution < -0.4 is 0 Å². The summed E-state index contributed by atoms with van der Waals surface area (Å²) in [5, 5.41) is 0. The zero-order chi connectivity index (χ0) is 11.1. The van der Waals surface area contributed by atoms with Crippen LogP contribution in [0.2, 0.25) is 0 Å². The lowest BCUT2D eigenvalue weighted by Crippen LogP contribution is -2.25. The van der Waals surface area contributed by atoms with Crippen LogP contribution in [0.3, 0.4) is 0 Å². The summed E-state index contributed by atoms with van der Waals surface area (Å²) in [6, 6.07) is 0. The predicted octanol–water partition coefficient (Wildman–Crippen LogP) is 4.39. The van der Waals surface area contributed by atoms with Crippen molar-refractivity contribution in [2.45, 2.75) is 57.2 Å². The average Bonchev–Trinajstić information content (AvgIpc) is 2.26. The summed E-state index contributed by atoms with van der Waals surface area (Å²) < 4.78 is 5.40. The first-order chi connectivity index (χ1) is 7.27. The second-order valence-corrected chi connectivity index (χ2v) is 5.88. The second kappa shape index (κ2) is 7.67. The lowest BCUT2D eigenvalue weighted by molar-refractivity contribution is 0.134. The monoisotopic (exact) mass is 276 g/mol. The van der Waals surface area contributed by atoms with Crippen molar-refractivity contribution in [2.75, 3.05) is 13.2 Å². The molecular formula is C13H25BrO. The molecular weight excluding hydrogens is 252 g/mol. The first-order valence-corrected chi connectivity index (χ1v) is 7.41. The van der Waals surface area contributed by atoms with Gasteiger partial charge in [-0.15, -0.1) is 0 Å². The maximum absolute atomic E-state index is 5.40. The molecule has 15 heavy (non-hydrogen) atoms. The number of ether oxygens (including phenoxy) is 1. The van der Waals surface area contributed by atoms with Crippen molar-refractivity contribution in [3.63, 3.8) is 0 Å². The van der Waals surface area contributed by atoms with E-state index in [0.717, 1.165) is 29.9 Å². The van der Waals surface area contributed by atoms with Crippen LogP contribution >= 0.6 is 15.9 Å². The third kappa shape index (κ3) is 4.86. The Labute approximate surface area is 103 Å². The van der Waals surface area contributed by atoms with Crippen LogP contribution in [-0.2, 0) is 4.74 Å². The molecule has 0 bridgehead atoms. The molecule has 0 aromatic heterocycles. The first-order valence-electron chi connectivity index (χ1n) is 6.49. The van der Waals surface area contributed by atoms with E-state index >= 15 is 0 Å². The van der Waals surface area contributed by atoms with E-state index in [4.69, 9.17) is 4.74 Å². The smallest absolute Gasteiger partial charge is 0.0466 e. The fourth-order valence-electron chi connectivity index (χ4n) is 2.59. The van der Waals surface area contributed by atoms with Crippen LogP contribution in [-0.4, -0.2) is 18.0 Å². The lowest BCUT2D eigenvalue weighted by Gasteiger charge is -2.32. The Kier molecular flexibility index (Phi) is 6.91. The van der Waals surface area contributed by atoms with E-state index in [1.54, 1.807) is 0 Å². The fraction of sp³-hybridized carbons (Fsp3) is 1.00. The molecule has 0 amide bonds. The molecule has 3 atom stereocenters. The average molecular weight is 277 g/mol. The van der Waals surface area contributed by atoms with Crippen molar-refractivity contribution in [1.82, 2.24) is 0 Å². The molecule has 0 aliphatic heterocycles. The highest BCUT2D eigenvalue weighted by Crippen LogP contribution is 2.37. The van der Waals surface area contributed by atoms with E-state index in [0.29, 0.717) is 0 Å². The van der Waals surface area contributed by atoms with Crippen molar-refractivity contribution in [2.24, 2.45) is 11.8 Å². The minimum absolute atomic E-state index is 0.766. The van der Waals surface area contributed by atoms with Crippen LogP contribution in [0.25, 0.3) is 0 Å². The first kappa shape index (κ1) is 13.5. The number of rotatable bonds is 6. The lowest BCUT2D eigenvalue weighted by atomic mass is 9.78. The summed E-state index contributed by atoms with van der Waals surface area (Å²) in [6.45, 7) is 6.21.